The van der Waals surface area contributed by atoms with Crippen LogP contribution in [0.4, 0.5) is 33.7 Å². The Morgan fingerprint density at radius 2 is 2.03 bits per heavy atom. The summed E-state index contributed by atoms with van der Waals surface area (Å²) in [5, 5.41) is 17.2. The summed E-state index contributed by atoms with van der Waals surface area (Å²) < 4.78 is 72.0. The van der Waals surface area contributed by atoms with Crippen molar-refractivity contribution in [3.8, 4) is 11.3 Å². The van der Waals surface area contributed by atoms with Gasteiger partial charge in [-0.2, -0.15) is 4.98 Å². The highest BCUT2D eigenvalue weighted by molar-refractivity contribution is 5.89. The van der Waals surface area contributed by atoms with E-state index >= 15 is 4.39 Å². The lowest BCUT2D eigenvalue weighted by Gasteiger charge is -2.36. The summed E-state index contributed by atoms with van der Waals surface area (Å²) in [6, 6.07) is 1.79. The van der Waals surface area contributed by atoms with Crippen LogP contribution in [0.2, 0.25) is 0 Å². The number of anilines is 2. The average molecular weight is 496 g/mol. The van der Waals surface area contributed by atoms with Crippen LogP contribution in [0, 0.1) is 5.82 Å². The molecule has 0 bridgehead atoms. The van der Waals surface area contributed by atoms with E-state index in [0.717, 1.165) is 10.9 Å². The van der Waals surface area contributed by atoms with Crippen LogP contribution in [0.25, 0.3) is 27.9 Å². The molecule has 0 aromatic carbocycles. The topological polar surface area (TPSA) is 101 Å². The molecule has 0 saturated carbocycles. The van der Waals surface area contributed by atoms with Crippen LogP contribution in [0.5, 0.6) is 0 Å². The van der Waals surface area contributed by atoms with Crippen molar-refractivity contribution in [3.63, 3.8) is 0 Å². The molecule has 15 heteroatoms. The van der Waals surface area contributed by atoms with Gasteiger partial charge in [-0.1, -0.05) is 5.21 Å². The number of nitrogens with zero attached hydrogens (tertiary/aromatic N) is 8. The van der Waals surface area contributed by atoms with Crippen molar-refractivity contribution in [1.29, 1.82) is 0 Å². The predicted octanol–water partition coefficient (Wildman–Crippen LogP) is 2.73. The van der Waals surface area contributed by atoms with Crippen molar-refractivity contribution < 1.29 is 22.0 Å². The molecule has 0 amide bonds. The molecule has 1 aliphatic heterocycles. The number of halogens is 5. The zero-order chi connectivity index (χ0) is 24.9. The van der Waals surface area contributed by atoms with Crippen molar-refractivity contribution in [1.82, 2.24) is 39.5 Å². The smallest absolute Gasteiger partial charge is 0.280 e. The third-order valence-electron chi connectivity index (χ3n) is 5.84. The van der Waals surface area contributed by atoms with Gasteiger partial charge in [-0.15, -0.1) is 10.2 Å². The van der Waals surface area contributed by atoms with Crippen LogP contribution in [-0.4, -0.2) is 85.1 Å². The molecule has 4 aromatic rings. The van der Waals surface area contributed by atoms with E-state index in [-0.39, 0.29) is 46.1 Å². The first kappa shape index (κ1) is 23.1. The van der Waals surface area contributed by atoms with Crippen molar-refractivity contribution in [2.24, 2.45) is 0 Å². The Morgan fingerprint density at radius 1 is 1.23 bits per heavy atom. The second kappa shape index (κ2) is 8.55. The molecule has 0 unspecified atom stereocenters. The number of hydrogen-bond donors (Lipinski definition) is 2. The fraction of sp³-hybridized carbons (Fsp3) is 0.450. The Morgan fingerprint density at radius 3 is 2.74 bits per heavy atom. The first-order valence-corrected chi connectivity index (χ1v) is 10.7. The van der Waals surface area contributed by atoms with Crippen molar-refractivity contribution >= 4 is 28.4 Å². The van der Waals surface area contributed by atoms with Gasteiger partial charge in [0.05, 0.1) is 30.0 Å². The summed E-state index contributed by atoms with van der Waals surface area (Å²) in [4.78, 5) is 10.1. The minimum absolute atomic E-state index is 0.0113. The molecule has 1 fully saturated rings. The summed E-state index contributed by atoms with van der Waals surface area (Å²) in [7, 11) is 3.17. The fourth-order valence-electron chi connectivity index (χ4n) is 4.22. The van der Waals surface area contributed by atoms with Crippen LogP contribution in [0.15, 0.2) is 18.3 Å². The number of nitrogens with one attached hydrogen (secondary N) is 2. The number of piperidine rings is 1. The van der Waals surface area contributed by atoms with Gasteiger partial charge in [-0.25, -0.2) is 36.1 Å². The zero-order valence-corrected chi connectivity index (χ0v) is 18.7. The van der Waals surface area contributed by atoms with Crippen molar-refractivity contribution in [2.45, 2.75) is 31.4 Å². The lowest BCUT2D eigenvalue weighted by Crippen LogP contribution is -2.53. The molecule has 4 aromatic heterocycles. The van der Waals surface area contributed by atoms with Gasteiger partial charge in [0.25, 0.3) is 12.3 Å². The highest BCUT2D eigenvalue weighted by Crippen LogP contribution is 2.34. The average Bonchev–Trinajstić information content (AvgIpc) is 3.33. The molecule has 5 rings (SSSR count). The first-order valence-electron chi connectivity index (χ1n) is 10.7. The lowest BCUT2D eigenvalue weighted by molar-refractivity contribution is -0.0675. The molecule has 1 atom stereocenters. The summed E-state index contributed by atoms with van der Waals surface area (Å²) >= 11 is 0. The monoisotopic (exact) mass is 496 g/mol. The Hall–Kier alpha value is -3.62. The maximum atomic E-state index is 15.1. The fourth-order valence-corrected chi connectivity index (χ4v) is 4.22. The van der Waals surface area contributed by atoms with Crippen LogP contribution < -0.4 is 10.6 Å². The third-order valence-corrected chi connectivity index (χ3v) is 5.84. The zero-order valence-electron chi connectivity index (χ0n) is 18.7. The van der Waals surface area contributed by atoms with E-state index in [1.54, 1.807) is 19.0 Å². The van der Waals surface area contributed by atoms with Gasteiger partial charge in [-0.05, 0) is 25.6 Å². The Balaban J connectivity index is 1.56. The van der Waals surface area contributed by atoms with E-state index in [4.69, 9.17) is 0 Å². The summed E-state index contributed by atoms with van der Waals surface area (Å²) in [5.74, 6) is -3.65. The van der Waals surface area contributed by atoms with Gasteiger partial charge < -0.3 is 15.5 Å². The van der Waals surface area contributed by atoms with E-state index in [1.165, 1.54) is 16.6 Å². The Kier molecular flexibility index (Phi) is 5.65. The van der Waals surface area contributed by atoms with Crippen LogP contribution in [0.3, 0.4) is 0 Å². The molecule has 0 spiro atoms. The molecule has 0 aliphatic carbocycles. The highest BCUT2D eigenvalue weighted by atomic mass is 19.3. The summed E-state index contributed by atoms with van der Waals surface area (Å²) in [5.41, 5.74) is 0.672. The SMILES string of the molecule is CNc1nc(N[C@@H]2CCN(C)CC2(F)F)nn2cc(F)c(-c3ccc4nnn(CC(F)F)c4n3)c12. The number of fused-ring (bicyclic) bond motifs is 2. The van der Waals surface area contributed by atoms with E-state index in [1.807, 2.05) is 0 Å². The second-order valence-corrected chi connectivity index (χ2v) is 8.37. The maximum absolute atomic E-state index is 15.1. The normalized spacial score (nSPS) is 18.6. The van der Waals surface area contributed by atoms with E-state index in [9.17, 15) is 17.6 Å². The molecule has 35 heavy (non-hydrogen) atoms. The number of likely N-dealkylation sites (tertiary alicyclic amines) is 1. The minimum atomic E-state index is -3.01. The van der Waals surface area contributed by atoms with E-state index in [2.05, 4.69) is 36.0 Å². The van der Waals surface area contributed by atoms with Gasteiger partial charge in [0, 0.05) is 13.6 Å². The second-order valence-electron chi connectivity index (χ2n) is 8.37. The lowest BCUT2D eigenvalue weighted by atomic mass is 10.0. The van der Waals surface area contributed by atoms with Crippen LogP contribution >= 0.6 is 0 Å². The van der Waals surface area contributed by atoms with E-state index in [0.29, 0.717) is 6.54 Å². The minimum Gasteiger partial charge on any atom is -0.371 e. The quantitative estimate of drug-likeness (QED) is 0.393. The van der Waals surface area contributed by atoms with Crippen molar-refractivity contribution in [2.75, 3.05) is 37.8 Å². The van der Waals surface area contributed by atoms with Gasteiger partial charge in [-0.3, -0.25) is 0 Å². The predicted molar refractivity (Wildman–Crippen MR) is 117 cm³/mol. The third kappa shape index (κ3) is 4.19. The Bertz CT molecular complexity index is 1380. The molecule has 1 saturated heterocycles. The number of hydrogen-bond acceptors (Lipinski definition) is 8. The van der Waals surface area contributed by atoms with Crippen molar-refractivity contribution in [3.05, 3.63) is 24.1 Å². The molecule has 186 valence electrons. The summed E-state index contributed by atoms with van der Waals surface area (Å²) in [6.07, 6.45) is -1.43. The molecular weight excluding hydrogens is 475 g/mol. The van der Waals surface area contributed by atoms with Crippen LogP contribution in [-0.2, 0) is 6.54 Å². The molecular formula is C20H21F5N10. The maximum Gasteiger partial charge on any atom is 0.280 e. The van der Waals surface area contributed by atoms with Gasteiger partial charge in [0.1, 0.15) is 17.6 Å². The van der Waals surface area contributed by atoms with E-state index < -0.39 is 37.3 Å². The largest absolute Gasteiger partial charge is 0.371 e. The van der Waals surface area contributed by atoms with Gasteiger partial charge in [0.2, 0.25) is 5.95 Å². The summed E-state index contributed by atoms with van der Waals surface area (Å²) in [6.45, 7) is -0.644. The number of alkyl halides is 4. The molecule has 0 radical (unpaired) electrons. The van der Waals surface area contributed by atoms with Crippen LogP contribution in [0.1, 0.15) is 6.42 Å². The molecule has 2 N–H and O–H groups in total. The number of rotatable bonds is 6. The van der Waals surface area contributed by atoms with Gasteiger partial charge >= 0.3 is 0 Å². The van der Waals surface area contributed by atoms with Gasteiger partial charge in [0.15, 0.2) is 17.3 Å². The number of aromatic nitrogens is 7. The standard InChI is InChI=1S/C20H21F5N10/c1-26-17-16-15(11-3-4-12-18(27-11)35(32-30-12)8-14(22)23)10(21)7-34(16)31-19(29-17)28-13-5-6-33(2)9-20(13,24)25/h3-4,7,13-14H,5-6,8-9H2,1-2H3,(H2,26,28,29,31)/t13-/m1/s1. The highest BCUT2D eigenvalue weighted by Gasteiger charge is 2.44. The number of pyridine rings is 1. The molecule has 5 heterocycles. The molecule has 1 aliphatic rings. The Labute approximate surface area is 195 Å². The first-order chi connectivity index (χ1) is 16.7. The molecule has 10 nitrogen and oxygen atoms in total.